The average Bonchev–Trinajstić information content (AvgIpc) is 3.04. The predicted molar refractivity (Wildman–Crippen MR) is 88.9 cm³/mol. The molecule has 0 aromatic carbocycles. The summed E-state index contributed by atoms with van der Waals surface area (Å²) in [5, 5.41) is 4.61. The second-order valence-electron chi connectivity index (χ2n) is 5.61. The first kappa shape index (κ1) is 14.4. The molecule has 3 rings (SSSR count). The Balaban J connectivity index is 1.64. The van der Waals surface area contributed by atoms with E-state index < -0.39 is 0 Å². The maximum atomic E-state index is 4.66. The van der Waals surface area contributed by atoms with Crippen LogP contribution in [0.1, 0.15) is 42.5 Å². The largest absolute Gasteiger partial charge is 0.308 e. The van der Waals surface area contributed by atoms with Crippen molar-refractivity contribution in [1.29, 1.82) is 0 Å². The van der Waals surface area contributed by atoms with Gasteiger partial charge in [0.05, 0.1) is 11.4 Å². The lowest BCUT2D eigenvalue weighted by Crippen LogP contribution is -2.27. The van der Waals surface area contributed by atoms with Crippen LogP contribution < -0.4 is 5.32 Å². The second-order valence-corrected chi connectivity index (χ2v) is 8.40. The van der Waals surface area contributed by atoms with Crippen molar-refractivity contribution in [2.75, 3.05) is 5.75 Å². The Labute approximate surface area is 129 Å². The zero-order valence-electron chi connectivity index (χ0n) is 12.5. The minimum Gasteiger partial charge on any atom is -0.308 e. The summed E-state index contributed by atoms with van der Waals surface area (Å²) in [6, 6.07) is 0.684. The van der Waals surface area contributed by atoms with Crippen molar-refractivity contribution in [3.8, 4) is 0 Å². The highest BCUT2D eigenvalue weighted by molar-refractivity contribution is 7.99. The van der Waals surface area contributed by atoms with Crippen LogP contribution in [0.2, 0.25) is 0 Å². The van der Waals surface area contributed by atoms with Crippen molar-refractivity contribution in [2.45, 2.75) is 57.9 Å². The van der Waals surface area contributed by atoms with Crippen molar-refractivity contribution in [3.05, 3.63) is 22.5 Å². The number of nitrogens with one attached hydrogen (secondary N) is 1. The van der Waals surface area contributed by atoms with Crippen LogP contribution in [-0.4, -0.2) is 26.4 Å². The molecule has 1 fully saturated rings. The van der Waals surface area contributed by atoms with Gasteiger partial charge in [-0.1, -0.05) is 6.92 Å². The van der Waals surface area contributed by atoms with E-state index in [1.54, 1.807) is 11.3 Å². The van der Waals surface area contributed by atoms with Gasteiger partial charge in [-0.05, 0) is 38.9 Å². The van der Waals surface area contributed by atoms with Gasteiger partial charge in [-0.15, -0.1) is 11.3 Å². The van der Waals surface area contributed by atoms with Crippen molar-refractivity contribution >= 4 is 28.1 Å². The normalized spacial score (nSPS) is 22.9. The van der Waals surface area contributed by atoms with Crippen LogP contribution in [0.25, 0.3) is 4.96 Å². The van der Waals surface area contributed by atoms with Crippen molar-refractivity contribution in [2.24, 2.45) is 0 Å². The summed E-state index contributed by atoms with van der Waals surface area (Å²) in [5.41, 5.74) is 2.50. The van der Waals surface area contributed by atoms with Gasteiger partial charge >= 0.3 is 0 Å². The van der Waals surface area contributed by atoms with Gasteiger partial charge < -0.3 is 5.32 Å². The van der Waals surface area contributed by atoms with E-state index in [2.05, 4.69) is 53.4 Å². The Morgan fingerprint density at radius 3 is 3.10 bits per heavy atom. The molecule has 2 aromatic rings. The van der Waals surface area contributed by atoms with Crippen LogP contribution >= 0.6 is 23.1 Å². The number of thiazole rings is 1. The molecule has 110 valence electrons. The second kappa shape index (κ2) is 6.08. The van der Waals surface area contributed by atoms with Crippen molar-refractivity contribution in [1.82, 2.24) is 14.7 Å². The number of nitrogens with zero attached hydrogens (tertiary/aromatic N) is 2. The molecule has 1 saturated carbocycles. The maximum absolute atomic E-state index is 4.66. The van der Waals surface area contributed by atoms with E-state index >= 15 is 0 Å². The highest BCUT2D eigenvalue weighted by Gasteiger charge is 2.24. The third-order valence-electron chi connectivity index (χ3n) is 4.09. The van der Waals surface area contributed by atoms with Gasteiger partial charge in [0.1, 0.15) is 0 Å². The molecule has 2 heterocycles. The van der Waals surface area contributed by atoms with E-state index in [0.717, 1.165) is 16.8 Å². The number of hydrogen-bond acceptors (Lipinski definition) is 4. The quantitative estimate of drug-likeness (QED) is 0.911. The minimum absolute atomic E-state index is 0.684. The Hall–Kier alpha value is -0.520. The lowest BCUT2D eigenvalue weighted by Gasteiger charge is -2.13. The molecular formula is C15H23N3S2. The fraction of sp³-hybridized carbons (Fsp3) is 0.667. The van der Waals surface area contributed by atoms with Crippen molar-refractivity contribution < 1.29 is 0 Å². The molecule has 1 aliphatic carbocycles. The predicted octanol–water partition coefficient (Wildman–Crippen LogP) is 3.78. The smallest absolute Gasteiger partial charge is 0.194 e. The molecule has 0 radical (unpaired) electrons. The zero-order valence-corrected chi connectivity index (χ0v) is 14.1. The van der Waals surface area contributed by atoms with Gasteiger partial charge in [-0.25, -0.2) is 4.98 Å². The first-order chi connectivity index (χ1) is 9.67. The molecule has 0 spiro atoms. The number of aromatic nitrogens is 2. The summed E-state index contributed by atoms with van der Waals surface area (Å²) in [6.45, 7) is 7.47. The van der Waals surface area contributed by atoms with E-state index in [-0.39, 0.29) is 0 Å². The molecular weight excluding hydrogens is 286 g/mol. The topological polar surface area (TPSA) is 29.3 Å². The molecule has 2 unspecified atom stereocenters. The molecule has 1 N–H and O–H groups in total. The molecule has 0 saturated heterocycles. The highest BCUT2D eigenvalue weighted by Crippen LogP contribution is 2.30. The molecule has 2 aromatic heterocycles. The van der Waals surface area contributed by atoms with E-state index in [1.165, 1.54) is 41.3 Å². The van der Waals surface area contributed by atoms with Crippen LogP contribution in [0, 0.1) is 13.8 Å². The third-order valence-corrected chi connectivity index (χ3v) is 6.22. The standard InChI is InChI=1S/C15H23N3S2/c1-4-19-13-6-5-12(7-13)16-8-14-11(3)17-15-18(14)9-10(2)20-15/h9,12-13,16H,4-8H2,1-3H3. The van der Waals surface area contributed by atoms with Crippen LogP contribution in [0.5, 0.6) is 0 Å². The van der Waals surface area contributed by atoms with Gasteiger partial charge in [-0.2, -0.15) is 11.8 Å². The van der Waals surface area contributed by atoms with E-state index in [1.807, 2.05) is 0 Å². The maximum Gasteiger partial charge on any atom is 0.194 e. The van der Waals surface area contributed by atoms with E-state index in [0.29, 0.717) is 6.04 Å². The van der Waals surface area contributed by atoms with E-state index in [9.17, 15) is 0 Å². The molecule has 0 aliphatic heterocycles. The number of thioether (sulfide) groups is 1. The van der Waals surface area contributed by atoms with E-state index in [4.69, 9.17) is 0 Å². The lowest BCUT2D eigenvalue weighted by atomic mass is 10.2. The number of fused-ring (bicyclic) bond motifs is 1. The van der Waals surface area contributed by atoms with Crippen LogP contribution in [0.15, 0.2) is 6.20 Å². The first-order valence-corrected chi connectivity index (χ1v) is 9.33. The summed E-state index contributed by atoms with van der Waals surface area (Å²) in [4.78, 5) is 7.12. The molecule has 0 amide bonds. The highest BCUT2D eigenvalue weighted by atomic mass is 32.2. The summed E-state index contributed by atoms with van der Waals surface area (Å²) in [7, 11) is 0. The van der Waals surface area contributed by atoms with Gasteiger partial charge in [0.25, 0.3) is 0 Å². The summed E-state index contributed by atoms with van der Waals surface area (Å²) >= 11 is 3.89. The SMILES string of the molecule is CCSC1CCC(NCc2c(C)nc3sc(C)cn23)C1. The summed E-state index contributed by atoms with van der Waals surface area (Å²) < 4.78 is 2.26. The number of rotatable bonds is 5. The van der Waals surface area contributed by atoms with Gasteiger partial charge in [0, 0.05) is 28.9 Å². The number of hydrogen-bond donors (Lipinski definition) is 1. The Bertz CT molecular complexity index is 587. The zero-order chi connectivity index (χ0) is 14.1. The Morgan fingerprint density at radius 1 is 1.45 bits per heavy atom. The number of aryl methyl sites for hydroxylation is 2. The monoisotopic (exact) mass is 309 g/mol. The van der Waals surface area contributed by atoms with Gasteiger partial charge in [-0.3, -0.25) is 4.40 Å². The molecule has 1 aliphatic rings. The van der Waals surface area contributed by atoms with Crippen LogP contribution in [0.3, 0.4) is 0 Å². The summed E-state index contributed by atoms with van der Waals surface area (Å²) in [5.74, 6) is 1.24. The summed E-state index contributed by atoms with van der Waals surface area (Å²) in [6.07, 6.45) is 6.22. The Morgan fingerprint density at radius 2 is 2.30 bits per heavy atom. The van der Waals surface area contributed by atoms with Crippen molar-refractivity contribution in [3.63, 3.8) is 0 Å². The molecule has 3 nitrogen and oxygen atoms in total. The van der Waals surface area contributed by atoms with Crippen LogP contribution in [-0.2, 0) is 6.54 Å². The third kappa shape index (κ3) is 2.90. The first-order valence-electron chi connectivity index (χ1n) is 7.46. The molecule has 5 heteroatoms. The van der Waals surface area contributed by atoms with Gasteiger partial charge in [0.2, 0.25) is 0 Å². The Kier molecular flexibility index (Phi) is 4.38. The average molecular weight is 310 g/mol. The lowest BCUT2D eigenvalue weighted by molar-refractivity contribution is 0.518. The fourth-order valence-corrected chi connectivity index (χ4v) is 5.11. The number of imidazole rings is 1. The molecule has 2 atom stereocenters. The van der Waals surface area contributed by atoms with Crippen LogP contribution in [0.4, 0.5) is 0 Å². The minimum atomic E-state index is 0.684. The molecule has 0 bridgehead atoms. The molecule has 20 heavy (non-hydrogen) atoms. The van der Waals surface area contributed by atoms with Gasteiger partial charge in [0.15, 0.2) is 4.96 Å². The fourth-order valence-electron chi connectivity index (χ4n) is 3.08.